The largest absolute Gasteiger partial charge is 0.251 e. The van der Waals surface area contributed by atoms with Crippen LogP contribution in [0.1, 0.15) is 45.4 Å². The lowest BCUT2D eigenvalue weighted by molar-refractivity contribution is 0.394. The molecule has 1 rings (SSSR count). The summed E-state index contributed by atoms with van der Waals surface area (Å²) in [6.45, 7) is 2.07. The number of hydrogen-bond acceptors (Lipinski definition) is 0. The third kappa shape index (κ3) is 2.35. The second-order valence-corrected chi connectivity index (χ2v) is 3.47. The SMILES string of the molecule is CC1([NH])CCCCCC1. The van der Waals surface area contributed by atoms with Gasteiger partial charge in [-0.05, 0) is 19.8 Å². The lowest BCUT2D eigenvalue weighted by Crippen LogP contribution is -2.24. The van der Waals surface area contributed by atoms with Gasteiger partial charge < -0.3 is 0 Å². The quantitative estimate of drug-likeness (QED) is 0.445. The van der Waals surface area contributed by atoms with Gasteiger partial charge in [-0.1, -0.05) is 25.7 Å². The fraction of sp³-hybridized carbons (Fsp3) is 1.00. The first kappa shape index (κ1) is 7.07. The zero-order valence-electron chi connectivity index (χ0n) is 6.24. The summed E-state index contributed by atoms with van der Waals surface area (Å²) in [5.41, 5.74) is 7.68. The molecule has 1 aliphatic carbocycles. The summed E-state index contributed by atoms with van der Waals surface area (Å²) in [7, 11) is 0. The Morgan fingerprint density at radius 3 is 1.89 bits per heavy atom. The molecule has 0 aromatic rings. The van der Waals surface area contributed by atoms with Gasteiger partial charge in [0, 0.05) is 5.54 Å². The minimum Gasteiger partial charge on any atom is -0.251 e. The topological polar surface area (TPSA) is 23.8 Å². The van der Waals surface area contributed by atoms with Crippen LogP contribution in [-0.4, -0.2) is 5.54 Å². The Bertz CT molecular complexity index is 76.6. The molecule has 1 N–H and O–H groups in total. The third-order valence-electron chi connectivity index (χ3n) is 2.21. The van der Waals surface area contributed by atoms with Gasteiger partial charge in [-0.25, -0.2) is 0 Å². The molecule has 1 nitrogen and oxygen atoms in total. The number of rotatable bonds is 0. The summed E-state index contributed by atoms with van der Waals surface area (Å²) in [5.74, 6) is 0. The zero-order chi connectivity index (χ0) is 6.74. The summed E-state index contributed by atoms with van der Waals surface area (Å²) < 4.78 is 0. The van der Waals surface area contributed by atoms with Crippen LogP contribution in [0.5, 0.6) is 0 Å². The van der Waals surface area contributed by atoms with E-state index in [4.69, 9.17) is 5.73 Å². The monoisotopic (exact) mass is 126 g/mol. The van der Waals surface area contributed by atoms with Crippen LogP contribution in [0, 0.1) is 0 Å². The van der Waals surface area contributed by atoms with Crippen molar-refractivity contribution in [1.82, 2.24) is 5.73 Å². The molecule has 0 aromatic heterocycles. The summed E-state index contributed by atoms with van der Waals surface area (Å²) in [6.07, 6.45) is 7.50. The van der Waals surface area contributed by atoms with Crippen LogP contribution in [0.25, 0.3) is 0 Å². The Kier molecular flexibility index (Phi) is 2.12. The first-order chi connectivity index (χ1) is 4.21. The summed E-state index contributed by atoms with van der Waals surface area (Å²) in [5, 5.41) is 0. The third-order valence-corrected chi connectivity index (χ3v) is 2.21. The minimum absolute atomic E-state index is 0.0868. The van der Waals surface area contributed by atoms with Gasteiger partial charge in [0.15, 0.2) is 0 Å². The molecule has 1 saturated carbocycles. The van der Waals surface area contributed by atoms with E-state index in [-0.39, 0.29) is 5.54 Å². The summed E-state index contributed by atoms with van der Waals surface area (Å²) >= 11 is 0. The smallest absolute Gasteiger partial charge is 0.0295 e. The molecule has 0 aliphatic heterocycles. The van der Waals surface area contributed by atoms with E-state index in [0.29, 0.717) is 0 Å². The van der Waals surface area contributed by atoms with Crippen molar-refractivity contribution in [2.45, 2.75) is 51.0 Å². The van der Waals surface area contributed by atoms with E-state index >= 15 is 0 Å². The predicted molar refractivity (Wildman–Crippen MR) is 39.2 cm³/mol. The van der Waals surface area contributed by atoms with Crippen LogP contribution < -0.4 is 5.73 Å². The van der Waals surface area contributed by atoms with E-state index in [1.165, 1.54) is 25.7 Å². The van der Waals surface area contributed by atoms with Crippen molar-refractivity contribution >= 4 is 0 Å². The fourth-order valence-electron chi connectivity index (χ4n) is 1.51. The second-order valence-electron chi connectivity index (χ2n) is 3.47. The van der Waals surface area contributed by atoms with E-state index in [1.807, 2.05) is 0 Å². The van der Waals surface area contributed by atoms with Crippen molar-refractivity contribution in [3.63, 3.8) is 0 Å². The maximum Gasteiger partial charge on any atom is 0.0295 e. The molecule has 1 aliphatic rings. The van der Waals surface area contributed by atoms with Gasteiger partial charge in [-0.2, -0.15) is 0 Å². The van der Waals surface area contributed by atoms with E-state index in [1.54, 1.807) is 0 Å². The Morgan fingerprint density at radius 2 is 1.44 bits per heavy atom. The van der Waals surface area contributed by atoms with Gasteiger partial charge >= 0.3 is 0 Å². The average molecular weight is 126 g/mol. The lowest BCUT2D eigenvalue weighted by atomic mass is 9.94. The Hall–Kier alpha value is -0.0400. The van der Waals surface area contributed by atoms with Crippen molar-refractivity contribution in [3.05, 3.63) is 0 Å². The zero-order valence-corrected chi connectivity index (χ0v) is 6.24. The Balaban J connectivity index is 2.36. The molecular formula is C8H16N. The van der Waals surface area contributed by atoms with Gasteiger partial charge in [-0.3, -0.25) is 5.73 Å². The van der Waals surface area contributed by atoms with Crippen LogP contribution in [0.4, 0.5) is 0 Å². The standard InChI is InChI=1S/C8H16N/c1-8(9)6-4-2-3-5-7-8/h9H,2-7H2,1H3. The summed E-state index contributed by atoms with van der Waals surface area (Å²) in [4.78, 5) is 0. The highest BCUT2D eigenvalue weighted by molar-refractivity contribution is 4.79. The van der Waals surface area contributed by atoms with Gasteiger partial charge in [0.05, 0.1) is 0 Å². The maximum absolute atomic E-state index is 7.77. The van der Waals surface area contributed by atoms with E-state index in [2.05, 4.69) is 6.92 Å². The first-order valence-electron chi connectivity index (χ1n) is 3.96. The van der Waals surface area contributed by atoms with Crippen molar-refractivity contribution in [1.29, 1.82) is 0 Å². The van der Waals surface area contributed by atoms with Crippen LogP contribution in [0.3, 0.4) is 0 Å². The van der Waals surface area contributed by atoms with Gasteiger partial charge in [-0.15, -0.1) is 0 Å². The Labute approximate surface area is 57.6 Å². The molecule has 0 heterocycles. The van der Waals surface area contributed by atoms with Crippen molar-refractivity contribution in [2.75, 3.05) is 0 Å². The van der Waals surface area contributed by atoms with E-state index < -0.39 is 0 Å². The number of nitrogens with one attached hydrogen (secondary N) is 1. The highest BCUT2D eigenvalue weighted by atomic mass is 14.7. The molecule has 1 radical (unpaired) electrons. The fourth-order valence-corrected chi connectivity index (χ4v) is 1.51. The molecular weight excluding hydrogens is 110 g/mol. The van der Waals surface area contributed by atoms with Crippen molar-refractivity contribution < 1.29 is 0 Å². The first-order valence-corrected chi connectivity index (χ1v) is 3.96. The molecule has 1 fully saturated rings. The minimum atomic E-state index is -0.0868. The van der Waals surface area contributed by atoms with E-state index in [9.17, 15) is 0 Å². The lowest BCUT2D eigenvalue weighted by Gasteiger charge is -2.19. The molecule has 53 valence electrons. The van der Waals surface area contributed by atoms with E-state index in [0.717, 1.165) is 12.8 Å². The van der Waals surface area contributed by atoms with Crippen LogP contribution >= 0.6 is 0 Å². The van der Waals surface area contributed by atoms with Crippen LogP contribution in [0.15, 0.2) is 0 Å². The maximum atomic E-state index is 7.77. The second kappa shape index (κ2) is 2.70. The van der Waals surface area contributed by atoms with Crippen LogP contribution in [-0.2, 0) is 0 Å². The normalized spacial score (nSPS) is 27.3. The Morgan fingerprint density at radius 1 is 1.00 bits per heavy atom. The highest BCUT2D eigenvalue weighted by Gasteiger charge is 2.20. The van der Waals surface area contributed by atoms with Gasteiger partial charge in [0.2, 0.25) is 0 Å². The predicted octanol–water partition coefficient (Wildman–Crippen LogP) is 2.38. The van der Waals surface area contributed by atoms with Crippen LogP contribution in [0.2, 0.25) is 0 Å². The molecule has 0 amide bonds. The highest BCUT2D eigenvalue weighted by Crippen LogP contribution is 2.24. The van der Waals surface area contributed by atoms with Gasteiger partial charge in [0.25, 0.3) is 0 Å². The molecule has 0 spiro atoms. The molecule has 0 saturated heterocycles. The molecule has 0 atom stereocenters. The molecule has 0 unspecified atom stereocenters. The molecule has 9 heavy (non-hydrogen) atoms. The van der Waals surface area contributed by atoms with Gasteiger partial charge in [0.1, 0.15) is 0 Å². The van der Waals surface area contributed by atoms with Crippen molar-refractivity contribution in [3.8, 4) is 0 Å². The molecule has 1 heteroatoms. The number of hydrogen-bond donors (Lipinski definition) is 0. The molecule has 0 bridgehead atoms. The average Bonchev–Trinajstić information content (AvgIpc) is 1.92. The summed E-state index contributed by atoms with van der Waals surface area (Å²) in [6, 6.07) is 0. The molecule has 0 aromatic carbocycles. The van der Waals surface area contributed by atoms with Crippen molar-refractivity contribution in [2.24, 2.45) is 0 Å².